The smallest absolute Gasteiger partial charge is 0.136 e. The Labute approximate surface area is 92.1 Å². The van der Waals surface area contributed by atoms with E-state index in [0.717, 1.165) is 32.1 Å². The highest BCUT2D eigenvalue weighted by Gasteiger charge is 2.29. The largest absolute Gasteiger partial charge is 0.393 e. The molecule has 0 radical (unpaired) electrons. The lowest BCUT2D eigenvalue weighted by Crippen LogP contribution is -2.28. The third-order valence-corrected chi connectivity index (χ3v) is 4.14. The minimum atomic E-state index is -0.205. The second-order valence-corrected chi connectivity index (χ2v) is 5.26. The van der Waals surface area contributed by atoms with E-state index in [-0.39, 0.29) is 12.0 Å². The van der Waals surface area contributed by atoms with Crippen LogP contribution in [-0.2, 0) is 4.79 Å². The Morgan fingerprint density at radius 1 is 1.00 bits per heavy atom. The van der Waals surface area contributed by atoms with Gasteiger partial charge in [-0.3, -0.25) is 4.79 Å². The molecule has 2 saturated carbocycles. The van der Waals surface area contributed by atoms with E-state index in [1.165, 1.54) is 19.3 Å². The monoisotopic (exact) mass is 210 g/mol. The minimum absolute atomic E-state index is 0.205. The van der Waals surface area contributed by atoms with Gasteiger partial charge < -0.3 is 5.11 Å². The predicted molar refractivity (Wildman–Crippen MR) is 59.5 cm³/mol. The van der Waals surface area contributed by atoms with E-state index in [1.807, 2.05) is 0 Å². The van der Waals surface area contributed by atoms with Gasteiger partial charge in [0.05, 0.1) is 6.10 Å². The fraction of sp³-hybridized carbons (Fsp3) is 0.923. The first-order valence-electron chi connectivity index (χ1n) is 6.48. The molecule has 0 saturated heterocycles. The third-order valence-electron chi connectivity index (χ3n) is 4.14. The number of ketones is 1. The SMILES string of the molecule is O=C(CC1CCCCC1O)C1CCCC1. The van der Waals surface area contributed by atoms with Crippen LogP contribution in [0.15, 0.2) is 0 Å². The summed E-state index contributed by atoms with van der Waals surface area (Å²) in [6.07, 6.45) is 9.38. The van der Waals surface area contributed by atoms with Crippen molar-refractivity contribution in [2.45, 2.75) is 63.9 Å². The Balaban J connectivity index is 1.81. The number of carbonyl (C=O) groups is 1. The lowest BCUT2D eigenvalue weighted by Gasteiger charge is -2.27. The van der Waals surface area contributed by atoms with Crippen LogP contribution in [0.1, 0.15) is 57.8 Å². The third kappa shape index (κ3) is 2.81. The Morgan fingerprint density at radius 3 is 2.27 bits per heavy atom. The Bertz CT molecular complexity index is 219. The maximum absolute atomic E-state index is 11.9. The highest BCUT2D eigenvalue weighted by molar-refractivity contribution is 5.81. The summed E-state index contributed by atoms with van der Waals surface area (Å²) >= 11 is 0. The van der Waals surface area contributed by atoms with Gasteiger partial charge in [-0.1, -0.05) is 25.7 Å². The van der Waals surface area contributed by atoms with Crippen LogP contribution in [0, 0.1) is 11.8 Å². The zero-order valence-corrected chi connectivity index (χ0v) is 9.45. The summed E-state index contributed by atoms with van der Waals surface area (Å²) in [5, 5.41) is 9.81. The molecule has 1 N–H and O–H groups in total. The van der Waals surface area contributed by atoms with Crippen LogP contribution in [-0.4, -0.2) is 17.0 Å². The number of rotatable bonds is 3. The summed E-state index contributed by atoms with van der Waals surface area (Å²) in [4.78, 5) is 11.9. The molecule has 2 aliphatic rings. The predicted octanol–water partition coefficient (Wildman–Crippen LogP) is 2.69. The van der Waals surface area contributed by atoms with Crippen molar-refractivity contribution < 1.29 is 9.90 Å². The van der Waals surface area contributed by atoms with Crippen molar-refractivity contribution in [1.82, 2.24) is 0 Å². The van der Waals surface area contributed by atoms with Crippen LogP contribution in [0.2, 0.25) is 0 Å². The van der Waals surface area contributed by atoms with Crippen LogP contribution in [0.4, 0.5) is 0 Å². The van der Waals surface area contributed by atoms with Crippen LogP contribution in [0.25, 0.3) is 0 Å². The molecule has 2 fully saturated rings. The molecule has 86 valence electrons. The van der Waals surface area contributed by atoms with Crippen molar-refractivity contribution in [1.29, 1.82) is 0 Å². The molecule has 0 aromatic rings. The average Bonchev–Trinajstić information content (AvgIpc) is 2.74. The van der Waals surface area contributed by atoms with Crippen molar-refractivity contribution in [3.8, 4) is 0 Å². The van der Waals surface area contributed by atoms with E-state index < -0.39 is 0 Å². The maximum atomic E-state index is 11.9. The van der Waals surface area contributed by atoms with Crippen LogP contribution in [0.3, 0.4) is 0 Å². The molecular weight excluding hydrogens is 188 g/mol. The van der Waals surface area contributed by atoms with E-state index >= 15 is 0 Å². The number of Topliss-reactive ketones (excluding diaryl/α,β-unsaturated/α-hetero) is 1. The molecule has 2 heteroatoms. The molecule has 2 atom stereocenters. The summed E-state index contributed by atoms with van der Waals surface area (Å²) < 4.78 is 0. The highest BCUT2D eigenvalue weighted by atomic mass is 16.3. The van der Waals surface area contributed by atoms with Gasteiger partial charge in [-0.05, 0) is 31.6 Å². The van der Waals surface area contributed by atoms with E-state index in [0.29, 0.717) is 18.1 Å². The topological polar surface area (TPSA) is 37.3 Å². The lowest BCUT2D eigenvalue weighted by atomic mass is 9.81. The molecule has 2 nitrogen and oxygen atoms in total. The first-order chi connectivity index (χ1) is 7.27. The van der Waals surface area contributed by atoms with Gasteiger partial charge >= 0.3 is 0 Å². The second kappa shape index (κ2) is 5.11. The molecule has 0 amide bonds. The van der Waals surface area contributed by atoms with Crippen LogP contribution >= 0.6 is 0 Å². The summed E-state index contributed by atoms with van der Waals surface area (Å²) in [7, 11) is 0. The minimum Gasteiger partial charge on any atom is -0.393 e. The van der Waals surface area contributed by atoms with Gasteiger partial charge in [-0.15, -0.1) is 0 Å². The molecule has 0 spiro atoms. The zero-order chi connectivity index (χ0) is 10.7. The van der Waals surface area contributed by atoms with Gasteiger partial charge in [0, 0.05) is 12.3 Å². The summed E-state index contributed by atoms with van der Waals surface area (Å²) in [6.45, 7) is 0. The summed E-state index contributed by atoms with van der Waals surface area (Å²) in [5.41, 5.74) is 0. The first kappa shape index (κ1) is 11.1. The van der Waals surface area contributed by atoms with Gasteiger partial charge in [0.1, 0.15) is 5.78 Å². The van der Waals surface area contributed by atoms with E-state index in [2.05, 4.69) is 0 Å². The highest BCUT2D eigenvalue weighted by Crippen LogP contribution is 2.32. The Hall–Kier alpha value is -0.370. The van der Waals surface area contributed by atoms with Crippen LogP contribution in [0.5, 0.6) is 0 Å². The molecule has 2 unspecified atom stereocenters. The molecule has 0 aliphatic heterocycles. The van der Waals surface area contributed by atoms with Gasteiger partial charge in [-0.2, -0.15) is 0 Å². The van der Waals surface area contributed by atoms with Crippen molar-refractivity contribution in [2.75, 3.05) is 0 Å². The molecule has 0 bridgehead atoms. The molecule has 0 heterocycles. The molecular formula is C13H22O2. The Morgan fingerprint density at radius 2 is 1.60 bits per heavy atom. The first-order valence-corrected chi connectivity index (χ1v) is 6.48. The summed E-state index contributed by atoms with van der Waals surface area (Å²) in [5.74, 6) is 1.03. The normalized spacial score (nSPS) is 33.1. The van der Waals surface area contributed by atoms with E-state index in [9.17, 15) is 9.90 Å². The molecule has 15 heavy (non-hydrogen) atoms. The van der Waals surface area contributed by atoms with Crippen molar-refractivity contribution >= 4 is 5.78 Å². The van der Waals surface area contributed by atoms with Crippen molar-refractivity contribution in [3.63, 3.8) is 0 Å². The Kier molecular flexibility index (Phi) is 3.79. The number of aliphatic hydroxyl groups is 1. The number of hydrogen-bond acceptors (Lipinski definition) is 2. The molecule has 2 rings (SSSR count). The molecule has 2 aliphatic carbocycles. The number of hydrogen-bond donors (Lipinski definition) is 1. The maximum Gasteiger partial charge on any atom is 0.136 e. The zero-order valence-electron chi connectivity index (χ0n) is 9.45. The standard InChI is InChI=1S/C13H22O2/c14-12-8-4-3-7-11(12)9-13(15)10-5-1-2-6-10/h10-12,14H,1-9H2. The number of carbonyl (C=O) groups excluding carboxylic acids is 1. The van der Waals surface area contributed by atoms with Gasteiger partial charge in [0.2, 0.25) is 0 Å². The van der Waals surface area contributed by atoms with Gasteiger partial charge in [0.15, 0.2) is 0 Å². The van der Waals surface area contributed by atoms with Crippen molar-refractivity contribution in [3.05, 3.63) is 0 Å². The fourth-order valence-corrected chi connectivity index (χ4v) is 3.10. The van der Waals surface area contributed by atoms with Crippen LogP contribution < -0.4 is 0 Å². The summed E-state index contributed by atoms with van der Waals surface area (Å²) in [6, 6.07) is 0. The average molecular weight is 210 g/mol. The van der Waals surface area contributed by atoms with Crippen molar-refractivity contribution in [2.24, 2.45) is 11.8 Å². The van der Waals surface area contributed by atoms with Gasteiger partial charge in [0.25, 0.3) is 0 Å². The number of aliphatic hydroxyl groups excluding tert-OH is 1. The fourth-order valence-electron chi connectivity index (χ4n) is 3.10. The van der Waals surface area contributed by atoms with Gasteiger partial charge in [-0.25, -0.2) is 0 Å². The van der Waals surface area contributed by atoms with E-state index in [4.69, 9.17) is 0 Å². The molecule has 0 aromatic carbocycles. The van der Waals surface area contributed by atoms with E-state index in [1.54, 1.807) is 0 Å². The lowest BCUT2D eigenvalue weighted by molar-refractivity contribution is -0.125. The second-order valence-electron chi connectivity index (χ2n) is 5.26. The molecule has 0 aromatic heterocycles. The quantitative estimate of drug-likeness (QED) is 0.777.